The van der Waals surface area contributed by atoms with Gasteiger partial charge in [-0.25, -0.2) is 9.59 Å². The van der Waals surface area contributed by atoms with Crippen LogP contribution in [-0.4, -0.2) is 34.7 Å². The van der Waals surface area contributed by atoms with Gasteiger partial charge >= 0.3 is 11.9 Å². The van der Waals surface area contributed by atoms with E-state index in [0.29, 0.717) is 0 Å². The molecular weight excluding hydrogens is 240 g/mol. The fourth-order valence-electron chi connectivity index (χ4n) is 0.851. The second-order valence-corrected chi connectivity index (χ2v) is 3.86. The highest BCUT2D eigenvalue weighted by Crippen LogP contribution is 2.08. The van der Waals surface area contributed by atoms with Gasteiger partial charge in [-0.05, 0) is 13.8 Å². The average molecular weight is 258 g/mol. The molecule has 0 heterocycles. The summed E-state index contributed by atoms with van der Waals surface area (Å²) >= 11 is 0. The molecular formula is C12H18O6. The molecule has 2 N–H and O–H groups in total. The van der Waals surface area contributed by atoms with Crippen molar-refractivity contribution in [2.75, 3.05) is 0 Å². The van der Waals surface area contributed by atoms with Crippen LogP contribution in [0.4, 0.5) is 0 Å². The SMILES string of the molecule is C=C(C)C(=O)OC(O)CCC(O)OC(=O)C(=C)C. The number of ether oxygens (including phenoxy) is 2. The maximum absolute atomic E-state index is 11.0. The Labute approximate surface area is 106 Å². The summed E-state index contributed by atoms with van der Waals surface area (Å²) in [5, 5.41) is 18.6. The summed E-state index contributed by atoms with van der Waals surface area (Å²) in [6.45, 7) is 9.58. The van der Waals surface area contributed by atoms with Gasteiger partial charge in [0.2, 0.25) is 12.6 Å². The van der Waals surface area contributed by atoms with Crippen molar-refractivity contribution in [3.8, 4) is 0 Å². The van der Waals surface area contributed by atoms with Crippen LogP contribution in [0.1, 0.15) is 26.7 Å². The molecule has 0 fully saturated rings. The number of rotatable bonds is 7. The van der Waals surface area contributed by atoms with Crippen LogP contribution >= 0.6 is 0 Å². The first-order chi connectivity index (χ1) is 8.23. The van der Waals surface area contributed by atoms with Crippen LogP contribution in [0.25, 0.3) is 0 Å². The molecule has 0 aromatic carbocycles. The van der Waals surface area contributed by atoms with Crippen LogP contribution in [0.15, 0.2) is 24.3 Å². The van der Waals surface area contributed by atoms with Crippen LogP contribution in [-0.2, 0) is 19.1 Å². The predicted molar refractivity (Wildman–Crippen MR) is 63.1 cm³/mol. The monoisotopic (exact) mass is 258 g/mol. The average Bonchev–Trinajstić information content (AvgIpc) is 2.25. The third-order valence-corrected chi connectivity index (χ3v) is 1.84. The molecule has 0 rings (SSSR count). The van der Waals surface area contributed by atoms with Gasteiger partial charge < -0.3 is 19.7 Å². The van der Waals surface area contributed by atoms with Gasteiger partial charge in [0.1, 0.15) is 0 Å². The zero-order valence-corrected chi connectivity index (χ0v) is 10.5. The molecule has 0 saturated heterocycles. The van der Waals surface area contributed by atoms with E-state index in [9.17, 15) is 19.8 Å². The fourth-order valence-corrected chi connectivity index (χ4v) is 0.851. The van der Waals surface area contributed by atoms with Crippen LogP contribution in [0.2, 0.25) is 0 Å². The van der Waals surface area contributed by atoms with E-state index in [1.54, 1.807) is 0 Å². The highest BCUT2D eigenvalue weighted by molar-refractivity contribution is 5.87. The van der Waals surface area contributed by atoms with Gasteiger partial charge in [-0.3, -0.25) is 0 Å². The van der Waals surface area contributed by atoms with Gasteiger partial charge in [-0.1, -0.05) is 13.2 Å². The molecule has 2 atom stereocenters. The minimum absolute atomic E-state index is 0.0658. The zero-order chi connectivity index (χ0) is 14.3. The number of hydrogen-bond donors (Lipinski definition) is 2. The lowest BCUT2D eigenvalue weighted by atomic mass is 10.3. The third kappa shape index (κ3) is 6.82. The van der Waals surface area contributed by atoms with Crippen molar-refractivity contribution < 1.29 is 29.3 Å². The first-order valence-corrected chi connectivity index (χ1v) is 5.33. The molecule has 6 nitrogen and oxygen atoms in total. The maximum Gasteiger partial charge on any atom is 0.335 e. The van der Waals surface area contributed by atoms with Gasteiger partial charge in [0.25, 0.3) is 0 Å². The van der Waals surface area contributed by atoms with Crippen LogP contribution in [0.5, 0.6) is 0 Å². The van der Waals surface area contributed by atoms with E-state index < -0.39 is 24.5 Å². The van der Waals surface area contributed by atoms with Crippen molar-refractivity contribution in [3.05, 3.63) is 24.3 Å². The minimum atomic E-state index is -1.38. The van der Waals surface area contributed by atoms with Gasteiger partial charge in [-0.2, -0.15) is 0 Å². The van der Waals surface area contributed by atoms with Crippen molar-refractivity contribution in [2.45, 2.75) is 39.3 Å². The molecule has 0 aromatic rings. The van der Waals surface area contributed by atoms with E-state index in [1.165, 1.54) is 13.8 Å². The van der Waals surface area contributed by atoms with Crippen molar-refractivity contribution in [2.24, 2.45) is 0 Å². The van der Waals surface area contributed by atoms with E-state index in [0.717, 1.165) is 0 Å². The Hall–Kier alpha value is -1.66. The molecule has 2 unspecified atom stereocenters. The molecule has 6 heteroatoms. The first-order valence-electron chi connectivity index (χ1n) is 5.33. The smallest absolute Gasteiger partial charge is 0.335 e. The largest absolute Gasteiger partial charge is 0.433 e. The highest BCUT2D eigenvalue weighted by Gasteiger charge is 2.16. The number of esters is 2. The van der Waals surface area contributed by atoms with Crippen molar-refractivity contribution in [1.29, 1.82) is 0 Å². The second-order valence-electron chi connectivity index (χ2n) is 3.86. The molecule has 102 valence electrons. The van der Waals surface area contributed by atoms with Gasteiger partial charge in [0.05, 0.1) is 0 Å². The lowest BCUT2D eigenvalue weighted by molar-refractivity contribution is -0.175. The molecule has 0 amide bonds. The normalized spacial score (nSPS) is 13.3. The molecule has 0 aromatic heterocycles. The minimum Gasteiger partial charge on any atom is -0.433 e. The Balaban J connectivity index is 3.95. The number of hydrogen-bond acceptors (Lipinski definition) is 6. The lowest BCUT2D eigenvalue weighted by Crippen LogP contribution is -2.23. The van der Waals surface area contributed by atoms with E-state index in [-0.39, 0.29) is 24.0 Å². The van der Waals surface area contributed by atoms with Gasteiger partial charge in [0, 0.05) is 24.0 Å². The number of aliphatic hydroxyl groups excluding tert-OH is 2. The fraction of sp³-hybridized carbons (Fsp3) is 0.500. The molecule has 0 aliphatic rings. The zero-order valence-electron chi connectivity index (χ0n) is 10.5. The molecule has 0 spiro atoms. The maximum atomic E-state index is 11.0. The lowest BCUT2D eigenvalue weighted by Gasteiger charge is -2.15. The number of carbonyl (C=O) groups excluding carboxylic acids is 2. The molecule has 0 aliphatic carbocycles. The van der Waals surface area contributed by atoms with Crippen LogP contribution in [0, 0.1) is 0 Å². The third-order valence-electron chi connectivity index (χ3n) is 1.84. The van der Waals surface area contributed by atoms with E-state index in [1.807, 2.05) is 0 Å². The highest BCUT2D eigenvalue weighted by atomic mass is 16.6. The Kier molecular flexibility index (Phi) is 6.92. The predicted octanol–water partition coefficient (Wildman–Crippen LogP) is 0.642. The summed E-state index contributed by atoms with van der Waals surface area (Å²) in [7, 11) is 0. The Bertz CT molecular complexity index is 312. The Morgan fingerprint density at radius 1 is 0.944 bits per heavy atom. The van der Waals surface area contributed by atoms with E-state index in [2.05, 4.69) is 22.6 Å². The van der Waals surface area contributed by atoms with Gasteiger partial charge in [-0.15, -0.1) is 0 Å². The molecule has 0 bridgehead atoms. The van der Waals surface area contributed by atoms with Gasteiger partial charge in [0.15, 0.2) is 0 Å². The van der Waals surface area contributed by atoms with Crippen molar-refractivity contribution >= 4 is 11.9 Å². The van der Waals surface area contributed by atoms with Crippen LogP contribution in [0.3, 0.4) is 0 Å². The summed E-state index contributed by atoms with van der Waals surface area (Å²) < 4.78 is 9.13. The molecule has 18 heavy (non-hydrogen) atoms. The van der Waals surface area contributed by atoms with Crippen molar-refractivity contribution in [1.82, 2.24) is 0 Å². The molecule has 0 radical (unpaired) electrons. The summed E-state index contributed by atoms with van der Waals surface area (Å²) in [6.07, 6.45) is -2.90. The quantitative estimate of drug-likeness (QED) is 0.395. The number of carbonyl (C=O) groups is 2. The summed E-state index contributed by atoms with van der Waals surface area (Å²) in [5.74, 6) is -1.45. The van der Waals surface area contributed by atoms with Crippen molar-refractivity contribution in [3.63, 3.8) is 0 Å². The molecule has 0 aliphatic heterocycles. The Morgan fingerprint density at radius 3 is 1.44 bits per heavy atom. The molecule has 0 saturated carbocycles. The summed E-state index contributed by atoms with van der Waals surface area (Å²) in [4.78, 5) is 22.0. The first kappa shape index (κ1) is 16.3. The number of aliphatic hydroxyl groups is 2. The standard InChI is InChI=1S/C12H18O6/c1-7(2)11(15)17-9(13)5-6-10(14)18-12(16)8(3)4/h9-10,13-14H,1,3,5-6H2,2,4H3. The summed E-state index contributed by atoms with van der Waals surface area (Å²) in [6, 6.07) is 0. The topological polar surface area (TPSA) is 93.1 Å². The van der Waals surface area contributed by atoms with E-state index >= 15 is 0 Å². The summed E-state index contributed by atoms with van der Waals surface area (Å²) in [5.41, 5.74) is 0.312. The Morgan fingerprint density at radius 2 is 1.22 bits per heavy atom. The second kappa shape index (κ2) is 7.62. The van der Waals surface area contributed by atoms with Crippen LogP contribution < -0.4 is 0 Å². The van der Waals surface area contributed by atoms with E-state index in [4.69, 9.17) is 0 Å².